The Morgan fingerprint density at radius 3 is 2.50 bits per heavy atom. The lowest BCUT2D eigenvalue weighted by molar-refractivity contribution is 0.305. The van der Waals surface area contributed by atoms with Crippen molar-refractivity contribution in [1.29, 1.82) is 0 Å². The fourth-order valence-corrected chi connectivity index (χ4v) is 3.02. The van der Waals surface area contributed by atoms with Crippen molar-refractivity contribution in [3.8, 4) is 5.75 Å². The van der Waals surface area contributed by atoms with Gasteiger partial charge in [0.15, 0.2) is 0 Å². The lowest BCUT2D eigenvalue weighted by atomic mass is 10.1. The molecule has 2 rings (SSSR count). The first kappa shape index (κ1) is 20.4. The van der Waals surface area contributed by atoms with Crippen LogP contribution in [0.25, 0.3) is 6.08 Å². The lowest BCUT2D eigenvalue weighted by Gasteiger charge is -2.06. The van der Waals surface area contributed by atoms with Gasteiger partial charge in [0.05, 0.1) is 6.61 Å². The van der Waals surface area contributed by atoms with Crippen LogP contribution >= 0.6 is 12.2 Å². The van der Waals surface area contributed by atoms with Crippen LogP contribution in [0.2, 0.25) is 0 Å². The maximum Gasteiger partial charge on any atom is 0.119 e. The monoisotopic (exact) mass is 366 g/mol. The molecule has 0 unspecified atom stereocenters. The highest BCUT2D eigenvalue weighted by Gasteiger charge is 1.99. The molecule has 0 heterocycles. The van der Waals surface area contributed by atoms with Crippen LogP contribution in [0, 0.1) is 0 Å². The van der Waals surface area contributed by atoms with E-state index in [1.54, 1.807) is 0 Å². The first-order valence-electron chi connectivity index (χ1n) is 9.77. The van der Waals surface area contributed by atoms with Gasteiger partial charge < -0.3 is 4.74 Å². The van der Waals surface area contributed by atoms with Gasteiger partial charge in [0.1, 0.15) is 5.75 Å². The van der Waals surface area contributed by atoms with E-state index in [0.717, 1.165) is 41.2 Å². The van der Waals surface area contributed by atoms with Crippen molar-refractivity contribution in [3.63, 3.8) is 0 Å². The summed E-state index contributed by atoms with van der Waals surface area (Å²) < 4.78 is 5.85. The minimum Gasteiger partial charge on any atom is -0.494 e. The number of aryl methyl sites for hydroxylation is 1. The van der Waals surface area contributed by atoms with Gasteiger partial charge in [-0.15, -0.1) is 0 Å². The molecule has 26 heavy (non-hydrogen) atoms. The van der Waals surface area contributed by atoms with Crippen molar-refractivity contribution in [1.82, 2.24) is 0 Å². The topological polar surface area (TPSA) is 9.23 Å². The van der Waals surface area contributed by atoms with Crippen molar-refractivity contribution in [2.24, 2.45) is 0 Å². The zero-order valence-corrected chi connectivity index (χ0v) is 16.9. The Balaban J connectivity index is 1.90. The third kappa shape index (κ3) is 7.13. The fourth-order valence-electron chi connectivity index (χ4n) is 2.82. The number of allylic oxidation sites excluding steroid dienone is 1. The fraction of sp³-hybridized carbons (Fsp3) is 0.375. The molecule has 138 valence electrons. The summed E-state index contributed by atoms with van der Waals surface area (Å²) in [6.07, 6.45) is 11.2. The predicted octanol–water partition coefficient (Wildman–Crippen LogP) is 7.03. The SMILES string of the molecule is CCCCCCOc1cccc(C=CC(=S)c2ccc(CCC)cc2)c1. The van der Waals surface area contributed by atoms with Gasteiger partial charge >= 0.3 is 0 Å². The zero-order valence-electron chi connectivity index (χ0n) is 16.0. The van der Waals surface area contributed by atoms with Gasteiger partial charge in [0.25, 0.3) is 0 Å². The van der Waals surface area contributed by atoms with Crippen LogP contribution in [0.4, 0.5) is 0 Å². The van der Waals surface area contributed by atoms with Crippen LogP contribution in [0.3, 0.4) is 0 Å². The van der Waals surface area contributed by atoms with Crippen LogP contribution in [0.5, 0.6) is 5.75 Å². The van der Waals surface area contributed by atoms with E-state index in [-0.39, 0.29) is 0 Å². The van der Waals surface area contributed by atoms with Gasteiger partial charge in [-0.3, -0.25) is 0 Å². The predicted molar refractivity (Wildman–Crippen MR) is 117 cm³/mol. The van der Waals surface area contributed by atoms with E-state index in [1.165, 1.54) is 31.2 Å². The molecule has 2 aromatic carbocycles. The molecule has 2 heteroatoms. The van der Waals surface area contributed by atoms with Crippen LogP contribution < -0.4 is 4.74 Å². The minimum absolute atomic E-state index is 0.787. The van der Waals surface area contributed by atoms with E-state index in [4.69, 9.17) is 17.0 Å². The average molecular weight is 367 g/mol. The molecule has 0 aliphatic rings. The molecule has 0 atom stereocenters. The Hall–Kier alpha value is -1.93. The Kier molecular flexibility index (Phi) is 9.13. The summed E-state index contributed by atoms with van der Waals surface area (Å²) >= 11 is 5.55. The number of hydrogen-bond acceptors (Lipinski definition) is 2. The first-order chi connectivity index (χ1) is 12.7. The maximum atomic E-state index is 5.85. The molecular weight excluding hydrogens is 336 g/mol. The zero-order chi connectivity index (χ0) is 18.6. The quantitative estimate of drug-likeness (QED) is 0.183. The van der Waals surface area contributed by atoms with Gasteiger partial charge in [0, 0.05) is 4.86 Å². The van der Waals surface area contributed by atoms with Gasteiger partial charge in [0.2, 0.25) is 0 Å². The summed E-state index contributed by atoms with van der Waals surface area (Å²) in [6.45, 7) is 5.21. The molecule has 0 fully saturated rings. The minimum atomic E-state index is 0.787. The summed E-state index contributed by atoms with van der Waals surface area (Å²) in [6, 6.07) is 16.8. The normalized spacial score (nSPS) is 11.0. The van der Waals surface area contributed by atoms with E-state index in [9.17, 15) is 0 Å². The highest BCUT2D eigenvalue weighted by molar-refractivity contribution is 7.81. The molecule has 0 aliphatic heterocycles. The second kappa shape index (κ2) is 11.6. The molecule has 0 bridgehead atoms. The Labute approximate surface area is 164 Å². The van der Waals surface area contributed by atoms with Crippen molar-refractivity contribution >= 4 is 23.2 Å². The van der Waals surface area contributed by atoms with Crippen LogP contribution in [-0.4, -0.2) is 11.5 Å². The molecule has 0 saturated heterocycles. The largest absolute Gasteiger partial charge is 0.494 e. The third-order valence-electron chi connectivity index (χ3n) is 4.33. The highest BCUT2D eigenvalue weighted by Crippen LogP contribution is 2.16. The van der Waals surface area contributed by atoms with E-state index >= 15 is 0 Å². The molecule has 0 aromatic heterocycles. The molecule has 0 spiro atoms. The first-order valence-corrected chi connectivity index (χ1v) is 10.2. The van der Waals surface area contributed by atoms with Gasteiger partial charge in [-0.25, -0.2) is 0 Å². The molecule has 1 nitrogen and oxygen atoms in total. The highest BCUT2D eigenvalue weighted by atomic mass is 32.1. The number of thiocarbonyl (C=S) groups is 1. The molecular formula is C24H30OS. The van der Waals surface area contributed by atoms with E-state index in [0.29, 0.717) is 0 Å². The van der Waals surface area contributed by atoms with Crippen LogP contribution in [0.15, 0.2) is 54.6 Å². The van der Waals surface area contributed by atoms with Gasteiger partial charge in [-0.2, -0.15) is 0 Å². The molecule has 0 N–H and O–H groups in total. The lowest BCUT2D eigenvalue weighted by Crippen LogP contribution is -1.97. The molecule has 0 aliphatic carbocycles. The summed E-state index contributed by atoms with van der Waals surface area (Å²) in [7, 11) is 0. The number of benzene rings is 2. The summed E-state index contributed by atoms with van der Waals surface area (Å²) in [5.41, 5.74) is 3.58. The number of hydrogen-bond donors (Lipinski definition) is 0. The van der Waals surface area contributed by atoms with Crippen molar-refractivity contribution in [2.75, 3.05) is 6.61 Å². The third-order valence-corrected chi connectivity index (χ3v) is 4.70. The average Bonchev–Trinajstić information content (AvgIpc) is 2.67. The Morgan fingerprint density at radius 2 is 1.77 bits per heavy atom. The number of unbranched alkanes of at least 4 members (excludes halogenated alkanes) is 3. The van der Waals surface area contributed by atoms with Gasteiger partial charge in [-0.1, -0.05) is 94.2 Å². The number of ether oxygens (including phenoxy) is 1. The molecule has 0 radical (unpaired) electrons. The van der Waals surface area contributed by atoms with Crippen molar-refractivity contribution in [3.05, 3.63) is 71.3 Å². The van der Waals surface area contributed by atoms with Gasteiger partial charge in [-0.05, 0) is 47.7 Å². The maximum absolute atomic E-state index is 5.85. The van der Waals surface area contributed by atoms with Crippen molar-refractivity contribution < 1.29 is 4.74 Å². The second-order valence-corrected chi connectivity index (χ2v) is 7.07. The molecule has 2 aromatic rings. The smallest absolute Gasteiger partial charge is 0.119 e. The summed E-state index contributed by atoms with van der Waals surface area (Å²) in [4.78, 5) is 0.860. The Bertz CT molecular complexity index is 700. The van der Waals surface area contributed by atoms with E-state index in [1.807, 2.05) is 18.2 Å². The number of rotatable bonds is 11. The molecule has 0 saturated carbocycles. The molecule has 0 amide bonds. The van der Waals surface area contributed by atoms with E-state index in [2.05, 4.69) is 56.3 Å². The van der Waals surface area contributed by atoms with Crippen LogP contribution in [0.1, 0.15) is 62.6 Å². The Morgan fingerprint density at radius 1 is 0.962 bits per heavy atom. The van der Waals surface area contributed by atoms with Crippen LogP contribution in [-0.2, 0) is 6.42 Å². The standard InChI is InChI=1S/C24H30OS/c1-3-5-6-7-18-25-23-11-8-10-21(19-23)14-17-24(26)22-15-12-20(9-4-2)13-16-22/h8,10-17,19H,3-7,9,18H2,1-2H3. The second-order valence-electron chi connectivity index (χ2n) is 6.63. The van der Waals surface area contributed by atoms with E-state index < -0.39 is 0 Å². The van der Waals surface area contributed by atoms with Crippen molar-refractivity contribution in [2.45, 2.75) is 52.4 Å². The summed E-state index contributed by atoms with van der Waals surface area (Å²) in [5.74, 6) is 0.929. The summed E-state index contributed by atoms with van der Waals surface area (Å²) in [5, 5.41) is 0.